The van der Waals surface area contributed by atoms with Crippen molar-refractivity contribution in [3.05, 3.63) is 70.7 Å². The second kappa shape index (κ2) is 9.37. The van der Waals surface area contributed by atoms with Gasteiger partial charge in [0.25, 0.3) is 6.47 Å². The molecule has 0 amide bonds. The van der Waals surface area contributed by atoms with Gasteiger partial charge in [-0.25, -0.2) is 19.7 Å². The monoisotopic (exact) mass is 473 g/mol. The zero-order valence-electron chi connectivity index (χ0n) is 19.0. The zero-order chi connectivity index (χ0) is 24.4. The van der Waals surface area contributed by atoms with Gasteiger partial charge in [-0.2, -0.15) is 0 Å². The van der Waals surface area contributed by atoms with Crippen LogP contribution in [0.25, 0.3) is 11.2 Å². The number of anilines is 2. The van der Waals surface area contributed by atoms with Crippen molar-refractivity contribution < 1.29 is 14.3 Å². The molecule has 2 N–H and O–H groups in total. The minimum absolute atomic E-state index is 0.0431. The molecule has 11 heteroatoms. The maximum atomic E-state index is 13.1. The normalized spacial score (nSPS) is 14.1. The Morgan fingerprint density at radius 3 is 2.77 bits per heavy atom. The van der Waals surface area contributed by atoms with Crippen molar-refractivity contribution in [3.8, 4) is 5.75 Å². The van der Waals surface area contributed by atoms with Gasteiger partial charge in [0.05, 0.1) is 11.2 Å². The Kier molecular flexibility index (Phi) is 5.96. The maximum absolute atomic E-state index is 13.1. The fraction of sp³-hybridized carbons (Fsp3) is 0.250. The summed E-state index contributed by atoms with van der Waals surface area (Å²) in [7, 11) is 1.69. The molecule has 0 spiro atoms. The second-order valence-corrected chi connectivity index (χ2v) is 8.16. The minimum atomic E-state index is -0.306. The zero-order valence-corrected chi connectivity index (χ0v) is 19.0. The Morgan fingerprint density at radius 2 is 2.00 bits per heavy atom. The third-order valence-electron chi connectivity index (χ3n) is 6.22. The van der Waals surface area contributed by atoms with E-state index in [0.29, 0.717) is 42.3 Å². The quantitative estimate of drug-likeness (QED) is 0.306. The van der Waals surface area contributed by atoms with Crippen LogP contribution >= 0.6 is 0 Å². The van der Waals surface area contributed by atoms with E-state index in [-0.39, 0.29) is 29.0 Å². The Balaban J connectivity index is 1.33. The van der Waals surface area contributed by atoms with Crippen molar-refractivity contribution in [2.45, 2.75) is 18.9 Å². The molecule has 0 saturated carbocycles. The molecule has 1 fully saturated rings. The Labute approximate surface area is 199 Å². The van der Waals surface area contributed by atoms with Crippen LogP contribution < -0.4 is 20.6 Å². The summed E-state index contributed by atoms with van der Waals surface area (Å²) < 4.78 is 6.76. The van der Waals surface area contributed by atoms with Gasteiger partial charge in [-0.15, -0.1) is 0 Å². The number of aromatic nitrogens is 5. The number of ketones is 1. The molecule has 4 heterocycles. The summed E-state index contributed by atoms with van der Waals surface area (Å²) >= 11 is 0. The second-order valence-electron chi connectivity index (χ2n) is 8.16. The number of benzene rings is 1. The largest absolute Gasteiger partial charge is 0.427 e. The van der Waals surface area contributed by atoms with Crippen molar-refractivity contribution in [1.29, 1.82) is 0 Å². The molecule has 0 bridgehead atoms. The number of hydrogen-bond donors (Lipinski definition) is 2. The van der Waals surface area contributed by atoms with Crippen molar-refractivity contribution in [3.63, 3.8) is 0 Å². The van der Waals surface area contributed by atoms with Gasteiger partial charge < -0.3 is 15.0 Å². The summed E-state index contributed by atoms with van der Waals surface area (Å²) in [6, 6.07) is 10.2. The summed E-state index contributed by atoms with van der Waals surface area (Å²) in [5.41, 5.74) is 2.40. The fourth-order valence-corrected chi connectivity index (χ4v) is 4.49. The average molecular weight is 473 g/mol. The first-order chi connectivity index (χ1) is 17.1. The number of carbonyl (C=O) groups excluding carboxylic acids is 2. The smallest absolute Gasteiger partial charge is 0.327 e. The van der Waals surface area contributed by atoms with E-state index in [1.54, 1.807) is 36.0 Å². The van der Waals surface area contributed by atoms with Crippen molar-refractivity contribution >= 4 is 34.9 Å². The number of fused-ring (bicyclic) bond motifs is 1. The summed E-state index contributed by atoms with van der Waals surface area (Å²) in [6.07, 6.45) is 4.51. The molecule has 3 aromatic heterocycles. The number of pyridine rings is 1. The molecular formula is C24H23N7O4. The number of hydrogen-bond acceptors (Lipinski definition) is 9. The van der Waals surface area contributed by atoms with Crippen LogP contribution in [0.3, 0.4) is 0 Å². The highest BCUT2D eigenvalue weighted by Crippen LogP contribution is 2.28. The van der Waals surface area contributed by atoms with E-state index in [9.17, 15) is 14.4 Å². The number of nitrogens with one attached hydrogen (secondary N) is 2. The van der Waals surface area contributed by atoms with Crippen LogP contribution in [0.5, 0.6) is 5.75 Å². The van der Waals surface area contributed by atoms with Crippen molar-refractivity contribution in [1.82, 2.24) is 24.5 Å². The lowest BCUT2D eigenvalue weighted by atomic mass is 10.0. The van der Waals surface area contributed by atoms with Crippen molar-refractivity contribution in [2.75, 3.05) is 30.4 Å². The Hall–Kier alpha value is -4.54. The first-order valence-corrected chi connectivity index (χ1v) is 11.2. The predicted octanol–water partition coefficient (Wildman–Crippen LogP) is 2.16. The third-order valence-corrected chi connectivity index (χ3v) is 6.22. The van der Waals surface area contributed by atoms with Gasteiger partial charge in [-0.05, 0) is 43.2 Å². The number of carbonyl (C=O) groups is 2. The summed E-state index contributed by atoms with van der Waals surface area (Å²) in [6.45, 7) is 1.66. The number of rotatable bonds is 7. The van der Waals surface area contributed by atoms with Crippen LogP contribution in [0.1, 0.15) is 34.9 Å². The van der Waals surface area contributed by atoms with Gasteiger partial charge in [0.1, 0.15) is 17.8 Å². The summed E-state index contributed by atoms with van der Waals surface area (Å²) in [5, 5.41) is 2.91. The minimum Gasteiger partial charge on any atom is -0.427 e. The molecule has 0 atom stereocenters. The Morgan fingerprint density at radius 1 is 1.17 bits per heavy atom. The summed E-state index contributed by atoms with van der Waals surface area (Å²) in [5.74, 6) is 0.596. The first kappa shape index (κ1) is 22.3. The topological polar surface area (TPSA) is 135 Å². The highest BCUT2D eigenvalue weighted by Gasteiger charge is 2.25. The van der Waals surface area contributed by atoms with Gasteiger partial charge in [0.15, 0.2) is 11.4 Å². The van der Waals surface area contributed by atoms with Gasteiger partial charge in [-0.1, -0.05) is 0 Å². The predicted molar refractivity (Wildman–Crippen MR) is 129 cm³/mol. The van der Waals surface area contributed by atoms with Crippen LogP contribution in [0.4, 0.5) is 11.5 Å². The van der Waals surface area contributed by atoms with Gasteiger partial charge >= 0.3 is 5.69 Å². The van der Waals surface area contributed by atoms with Gasteiger partial charge in [0.2, 0.25) is 5.78 Å². The lowest BCUT2D eigenvalue weighted by molar-refractivity contribution is -0.120. The summed E-state index contributed by atoms with van der Waals surface area (Å²) in [4.78, 5) is 54.1. The van der Waals surface area contributed by atoms with E-state index in [2.05, 4.69) is 30.2 Å². The van der Waals surface area contributed by atoms with E-state index < -0.39 is 0 Å². The molecule has 4 aromatic rings. The molecule has 1 aromatic carbocycles. The number of ether oxygens (including phenoxy) is 1. The number of piperidine rings is 1. The van der Waals surface area contributed by atoms with E-state index in [1.807, 2.05) is 12.1 Å². The van der Waals surface area contributed by atoms with Crippen LogP contribution in [0.15, 0.2) is 53.7 Å². The SMILES string of the molecule is CNc1ccc(C(=O)c2cc(N3CCC(n4c(=O)[nH]c5ncccc54)CC3)ncn2)cc1OC=O. The molecular weight excluding hydrogens is 450 g/mol. The molecule has 1 aliphatic heterocycles. The van der Waals surface area contributed by atoms with Gasteiger partial charge in [-0.3, -0.25) is 19.1 Å². The van der Waals surface area contributed by atoms with Gasteiger partial charge in [0, 0.05) is 44.0 Å². The average Bonchev–Trinajstić information content (AvgIpc) is 3.24. The number of aromatic amines is 1. The van der Waals surface area contributed by atoms with Crippen LogP contribution in [0.2, 0.25) is 0 Å². The standard InChI is InChI=1S/C24H23N7O4/c1-25-17-5-4-15(11-20(17)35-14-32)22(33)18-12-21(28-13-27-18)30-9-6-16(7-10-30)31-19-3-2-8-26-23(19)29-24(31)34/h2-5,8,11-14,16,25H,6-7,9-10H2,1H3,(H,26,29,34). The molecule has 5 rings (SSSR count). The fourth-order valence-electron chi connectivity index (χ4n) is 4.49. The van der Waals surface area contributed by atoms with E-state index in [0.717, 1.165) is 18.4 Å². The maximum Gasteiger partial charge on any atom is 0.327 e. The lowest BCUT2D eigenvalue weighted by Crippen LogP contribution is -2.37. The molecule has 0 unspecified atom stereocenters. The molecule has 178 valence electrons. The molecule has 35 heavy (non-hydrogen) atoms. The molecule has 0 aliphatic carbocycles. The molecule has 1 aliphatic rings. The van der Waals surface area contributed by atoms with Crippen LogP contribution in [0, 0.1) is 0 Å². The molecule has 11 nitrogen and oxygen atoms in total. The molecule has 0 radical (unpaired) electrons. The van der Waals surface area contributed by atoms with E-state index in [1.165, 1.54) is 12.4 Å². The van der Waals surface area contributed by atoms with E-state index >= 15 is 0 Å². The number of nitrogens with zero attached hydrogens (tertiary/aromatic N) is 5. The highest BCUT2D eigenvalue weighted by atomic mass is 16.5. The Bertz CT molecular complexity index is 1450. The van der Waals surface area contributed by atoms with Crippen molar-refractivity contribution in [2.24, 2.45) is 0 Å². The first-order valence-electron chi connectivity index (χ1n) is 11.2. The van der Waals surface area contributed by atoms with Crippen LogP contribution in [-0.2, 0) is 4.79 Å². The highest BCUT2D eigenvalue weighted by molar-refractivity contribution is 6.08. The van der Waals surface area contributed by atoms with E-state index in [4.69, 9.17) is 4.74 Å². The third kappa shape index (κ3) is 4.23. The number of imidazole rings is 1. The molecule has 1 saturated heterocycles. The van der Waals surface area contributed by atoms with Crippen LogP contribution in [-0.4, -0.2) is 56.9 Å². The number of H-pyrrole nitrogens is 1. The lowest BCUT2D eigenvalue weighted by Gasteiger charge is -2.33.